The molecular formula is C27H30N6O4. The lowest BCUT2D eigenvalue weighted by Gasteiger charge is -2.18. The van der Waals surface area contributed by atoms with Crippen LogP contribution in [0.15, 0.2) is 103 Å². The van der Waals surface area contributed by atoms with Crippen molar-refractivity contribution in [2.75, 3.05) is 16.3 Å². The molecule has 4 rings (SSSR count). The number of hydrazine groups is 3. The lowest BCUT2D eigenvalue weighted by molar-refractivity contribution is 0.0249. The first kappa shape index (κ1) is 25.9. The number of nitrogens with one attached hydrogen (secondary N) is 6. The fourth-order valence-electron chi connectivity index (χ4n) is 3.39. The Kier molecular flexibility index (Phi) is 10.1. The summed E-state index contributed by atoms with van der Waals surface area (Å²) in [6.45, 7) is 0.400. The van der Waals surface area contributed by atoms with Crippen LogP contribution in [-0.4, -0.2) is 5.11 Å². The second-order valence-corrected chi connectivity index (χ2v) is 7.85. The summed E-state index contributed by atoms with van der Waals surface area (Å²) in [5.74, 6) is 0.0789. The fraction of sp³-hybridized carbons (Fsp3) is 0.111. The van der Waals surface area contributed by atoms with Gasteiger partial charge < -0.3 is 5.11 Å². The maximum atomic E-state index is 10.6. The van der Waals surface area contributed by atoms with Gasteiger partial charge >= 0.3 is 0 Å². The zero-order chi connectivity index (χ0) is 25.5. The van der Waals surface area contributed by atoms with E-state index in [-0.39, 0.29) is 25.6 Å². The van der Waals surface area contributed by atoms with Gasteiger partial charge in [-0.05, 0) is 53.6 Å². The van der Waals surface area contributed by atoms with Crippen molar-refractivity contribution in [3.05, 3.63) is 120 Å². The Hall–Kier alpha value is -4.16. The molecule has 10 nitrogen and oxygen atoms in total. The van der Waals surface area contributed by atoms with E-state index in [0.717, 1.165) is 22.6 Å². The molecule has 0 unspecified atom stereocenters. The largest absolute Gasteiger partial charge is 0.508 e. The molecule has 0 aromatic heterocycles. The molecule has 192 valence electrons. The van der Waals surface area contributed by atoms with Crippen LogP contribution in [-0.2, 0) is 34.3 Å². The van der Waals surface area contributed by atoms with E-state index in [9.17, 15) is 5.11 Å². The number of para-hydroxylation sites is 3. The van der Waals surface area contributed by atoms with Gasteiger partial charge in [-0.3, -0.25) is 30.8 Å². The Balaban J connectivity index is 1.37. The quantitative estimate of drug-likeness (QED) is 0.0922. The van der Waals surface area contributed by atoms with Crippen LogP contribution >= 0.6 is 0 Å². The highest BCUT2D eigenvalue weighted by Crippen LogP contribution is 2.27. The number of aromatic hydroxyl groups is 1. The van der Waals surface area contributed by atoms with E-state index >= 15 is 0 Å². The summed E-state index contributed by atoms with van der Waals surface area (Å²) in [5, 5.41) is 10.6. The van der Waals surface area contributed by atoms with Gasteiger partial charge in [0.05, 0.1) is 36.9 Å². The number of anilines is 3. The number of phenols is 1. The smallest absolute Gasteiger partial charge is 0.121 e. The van der Waals surface area contributed by atoms with Gasteiger partial charge in [0, 0.05) is 5.56 Å². The number of benzene rings is 4. The average molecular weight is 503 g/mol. The molecule has 4 aromatic carbocycles. The molecule has 0 fully saturated rings. The van der Waals surface area contributed by atoms with Crippen LogP contribution in [0, 0.1) is 0 Å². The van der Waals surface area contributed by atoms with E-state index in [1.165, 1.54) is 0 Å². The minimum Gasteiger partial charge on any atom is -0.508 e. The summed E-state index contributed by atoms with van der Waals surface area (Å²) in [7, 11) is 0. The van der Waals surface area contributed by atoms with Crippen molar-refractivity contribution in [1.82, 2.24) is 16.8 Å². The minimum absolute atomic E-state index is 0.0695. The molecule has 0 aliphatic carbocycles. The highest BCUT2D eigenvalue weighted by atomic mass is 16.7. The van der Waals surface area contributed by atoms with Crippen LogP contribution in [0.25, 0.3) is 0 Å². The van der Waals surface area contributed by atoms with E-state index in [1.807, 2.05) is 91.0 Å². The molecule has 10 heteroatoms. The second kappa shape index (κ2) is 14.4. The predicted octanol–water partition coefficient (Wildman–Crippen LogP) is 4.54. The Labute approximate surface area is 215 Å². The number of phenolic OH excluding ortho intramolecular Hbond substituents is 1. The first-order chi connectivity index (χ1) is 18.3. The van der Waals surface area contributed by atoms with Crippen molar-refractivity contribution in [2.45, 2.75) is 19.8 Å². The molecule has 0 atom stereocenters. The standard InChI is InChI=1S/C27H30N6O4/c34-27-17-16-21(18-35-31-28-22-10-4-1-5-11-22)25(19-36-32-29-23-12-6-2-7-13-23)26(27)20-37-33-30-24-14-8-3-9-15-24/h1-17,28-34H,18-20H2. The van der Waals surface area contributed by atoms with Gasteiger partial charge in [0.25, 0.3) is 0 Å². The van der Waals surface area contributed by atoms with Crippen molar-refractivity contribution < 1.29 is 19.6 Å². The van der Waals surface area contributed by atoms with E-state index < -0.39 is 0 Å². The molecule has 0 radical (unpaired) electrons. The predicted molar refractivity (Wildman–Crippen MR) is 142 cm³/mol. The van der Waals surface area contributed by atoms with Gasteiger partial charge in [0.15, 0.2) is 0 Å². The SMILES string of the molecule is Oc1ccc(CONNc2ccccc2)c(CONNc2ccccc2)c1CONNc1ccccc1. The molecule has 37 heavy (non-hydrogen) atoms. The van der Waals surface area contributed by atoms with Gasteiger partial charge in [-0.25, -0.2) is 0 Å². The van der Waals surface area contributed by atoms with Gasteiger partial charge in [0.2, 0.25) is 0 Å². The van der Waals surface area contributed by atoms with Crippen molar-refractivity contribution >= 4 is 17.1 Å². The molecular weight excluding hydrogens is 472 g/mol. The number of hydrogen-bond donors (Lipinski definition) is 7. The topological polar surface area (TPSA) is 120 Å². The second-order valence-electron chi connectivity index (χ2n) is 7.85. The maximum absolute atomic E-state index is 10.6. The summed E-state index contributed by atoms with van der Waals surface area (Å²) in [6.07, 6.45) is 0. The maximum Gasteiger partial charge on any atom is 0.121 e. The van der Waals surface area contributed by atoms with E-state index in [0.29, 0.717) is 11.1 Å². The molecule has 0 aliphatic heterocycles. The van der Waals surface area contributed by atoms with Crippen molar-refractivity contribution in [3.63, 3.8) is 0 Å². The molecule has 0 spiro atoms. The zero-order valence-electron chi connectivity index (χ0n) is 20.1. The molecule has 0 bridgehead atoms. The van der Waals surface area contributed by atoms with Crippen LogP contribution in [0.4, 0.5) is 17.1 Å². The third-order valence-electron chi connectivity index (χ3n) is 5.29. The Bertz CT molecular complexity index is 1200. The third-order valence-corrected chi connectivity index (χ3v) is 5.29. The van der Waals surface area contributed by atoms with Gasteiger partial charge in [0.1, 0.15) is 5.75 Å². The molecule has 0 amide bonds. The average Bonchev–Trinajstić information content (AvgIpc) is 2.95. The summed E-state index contributed by atoms with van der Waals surface area (Å²) >= 11 is 0. The van der Waals surface area contributed by atoms with Crippen molar-refractivity contribution in [1.29, 1.82) is 0 Å². The summed E-state index contributed by atoms with van der Waals surface area (Å²) in [6, 6.07) is 32.1. The van der Waals surface area contributed by atoms with Gasteiger partial charge in [-0.2, -0.15) is 0 Å². The van der Waals surface area contributed by atoms with E-state index in [1.54, 1.807) is 12.1 Å². The fourth-order valence-corrected chi connectivity index (χ4v) is 3.39. The first-order valence-electron chi connectivity index (χ1n) is 11.7. The van der Waals surface area contributed by atoms with Gasteiger partial charge in [-0.15, -0.1) is 16.8 Å². The monoisotopic (exact) mass is 502 g/mol. The summed E-state index contributed by atoms with van der Waals surface area (Å²) in [4.78, 5) is 16.8. The van der Waals surface area contributed by atoms with E-state index in [4.69, 9.17) is 14.5 Å². The highest BCUT2D eigenvalue weighted by molar-refractivity contribution is 5.45. The Morgan fingerprint density at radius 3 is 1.32 bits per heavy atom. The number of rotatable bonds is 15. The van der Waals surface area contributed by atoms with Crippen LogP contribution < -0.4 is 33.0 Å². The van der Waals surface area contributed by atoms with Gasteiger partial charge in [-0.1, -0.05) is 60.7 Å². The molecule has 0 saturated carbocycles. The Morgan fingerprint density at radius 1 is 0.459 bits per heavy atom. The van der Waals surface area contributed by atoms with Crippen molar-refractivity contribution in [3.8, 4) is 5.75 Å². The van der Waals surface area contributed by atoms with Crippen LogP contribution in [0.5, 0.6) is 5.75 Å². The normalized spacial score (nSPS) is 10.7. The summed E-state index contributed by atoms with van der Waals surface area (Å²) in [5.41, 5.74) is 21.7. The number of hydrogen-bond acceptors (Lipinski definition) is 10. The van der Waals surface area contributed by atoms with E-state index in [2.05, 4.69) is 33.0 Å². The molecule has 0 saturated heterocycles. The zero-order valence-corrected chi connectivity index (χ0v) is 20.1. The lowest BCUT2D eigenvalue weighted by Crippen LogP contribution is -2.25. The third kappa shape index (κ3) is 8.47. The summed E-state index contributed by atoms with van der Waals surface area (Å²) < 4.78 is 0. The van der Waals surface area contributed by atoms with Crippen LogP contribution in [0.1, 0.15) is 16.7 Å². The highest BCUT2D eigenvalue weighted by Gasteiger charge is 2.15. The minimum atomic E-state index is 0.0695. The van der Waals surface area contributed by atoms with Crippen LogP contribution in [0.2, 0.25) is 0 Å². The molecule has 7 N–H and O–H groups in total. The Morgan fingerprint density at radius 2 is 0.865 bits per heavy atom. The van der Waals surface area contributed by atoms with Crippen LogP contribution in [0.3, 0.4) is 0 Å². The molecule has 0 heterocycles. The van der Waals surface area contributed by atoms with Crippen molar-refractivity contribution in [2.24, 2.45) is 0 Å². The molecule has 4 aromatic rings. The molecule has 0 aliphatic rings. The lowest BCUT2D eigenvalue weighted by atomic mass is 10.0. The first-order valence-corrected chi connectivity index (χ1v) is 11.7.